The number of carbonyl (C=O) groups excluding carboxylic acids is 1. The maximum atomic E-state index is 11.7. The average molecular weight is 247 g/mol. The van der Waals surface area contributed by atoms with Crippen molar-refractivity contribution in [1.82, 2.24) is 5.32 Å². The van der Waals surface area contributed by atoms with Gasteiger partial charge in [-0.1, -0.05) is 13.8 Å². The fourth-order valence-corrected chi connectivity index (χ4v) is 2.45. The van der Waals surface area contributed by atoms with Gasteiger partial charge in [0, 0.05) is 11.8 Å². The highest BCUT2D eigenvalue weighted by molar-refractivity contribution is 8.00. The van der Waals surface area contributed by atoms with Crippen LogP contribution < -0.4 is 5.32 Å². The largest absolute Gasteiger partial charge is 0.465 e. The summed E-state index contributed by atoms with van der Waals surface area (Å²) in [6.45, 7) is 7.94. The molecule has 0 radical (unpaired) electrons. The van der Waals surface area contributed by atoms with E-state index in [1.807, 2.05) is 20.8 Å². The van der Waals surface area contributed by atoms with E-state index in [0.717, 1.165) is 19.0 Å². The van der Waals surface area contributed by atoms with Crippen LogP contribution in [0.15, 0.2) is 0 Å². The van der Waals surface area contributed by atoms with Crippen LogP contribution in [0, 0.1) is 0 Å². The summed E-state index contributed by atoms with van der Waals surface area (Å²) in [4.78, 5) is 11.7. The lowest BCUT2D eigenvalue weighted by atomic mass is 10.3. The first-order valence-corrected chi connectivity index (χ1v) is 6.80. The molecule has 5 heteroatoms. The molecule has 0 saturated carbocycles. The second kappa shape index (κ2) is 7.14. The minimum atomic E-state index is -0.203. The summed E-state index contributed by atoms with van der Waals surface area (Å²) in [6.07, 6.45) is 0. The third kappa shape index (κ3) is 4.72. The molecule has 0 bridgehead atoms. The van der Waals surface area contributed by atoms with Crippen molar-refractivity contribution in [3.05, 3.63) is 0 Å². The van der Waals surface area contributed by atoms with Crippen LogP contribution in [0.4, 0.5) is 0 Å². The molecule has 94 valence electrons. The number of hydrogen-bond donors (Lipinski definition) is 1. The average Bonchev–Trinajstić information content (AvgIpc) is 2.13. The molecule has 0 aliphatic carbocycles. The zero-order chi connectivity index (χ0) is 12.0. The third-order valence-electron chi connectivity index (χ3n) is 2.21. The van der Waals surface area contributed by atoms with E-state index in [4.69, 9.17) is 9.47 Å². The molecule has 1 fully saturated rings. The van der Waals surface area contributed by atoms with Crippen LogP contribution in [0.1, 0.15) is 20.8 Å². The predicted octanol–water partition coefficient (Wildman–Crippen LogP) is 1.05. The highest BCUT2D eigenvalue weighted by Crippen LogP contribution is 2.20. The summed E-state index contributed by atoms with van der Waals surface area (Å²) >= 11 is 1.78. The first-order valence-electron chi connectivity index (χ1n) is 5.75. The van der Waals surface area contributed by atoms with Gasteiger partial charge < -0.3 is 14.8 Å². The molecule has 1 aliphatic rings. The lowest BCUT2D eigenvalue weighted by Crippen LogP contribution is -2.45. The topological polar surface area (TPSA) is 47.6 Å². The molecule has 1 saturated heterocycles. The van der Waals surface area contributed by atoms with Gasteiger partial charge >= 0.3 is 5.97 Å². The van der Waals surface area contributed by atoms with Gasteiger partial charge in [0.25, 0.3) is 0 Å². The van der Waals surface area contributed by atoms with Crippen LogP contribution in [-0.2, 0) is 14.3 Å². The second-order valence-corrected chi connectivity index (χ2v) is 5.45. The molecule has 1 atom stereocenters. The molecule has 1 unspecified atom stereocenters. The van der Waals surface area contributed by atoms with Crippen LogP contribution in [0.25, 0.3) is 0 Å². The van der Waals surface area contributed by atoms with Gasteiger partial charge in [-0.15, -0.1) is 0 Å². The summed E-state index contributed by atoms with van der Waals surface area (Å²) in [5, 5.41) is 3.78. The van der Waals surface area contributed by atoms with Crippen LogP contribution in [0.2, 0.25) is 0 Å². The summed E-state index contributed by atoms with van der Waals surface area (Å²) in [7, 11) is 0. The van der Waals surface area contributed by atoms with Crippen molar-refractivity contribution in [2.45, 2.75) is 38.1 Å². The van der Waals surface area contributed by atoms with Gasteiger partial charge in [-0.25, -0.2) is 0 Å². The van der Waals surface area contributed by atoms with E-state index in [0.29, 0.717) is 11.9 Å². The molecular weight excluding hydrogens is 226 g/mol. The minimum Gasteiger partial charge on any atom is -0.465 e. The first kappa shape index (κ1) is 13.8. The summed E-state index contributed by atoms with van der Waals surface area (Å²) in [5.74, 6) is 0.606. The summed E-state index contributed by atoms with van der Waals surface area (Å²) in [5.41, 5.74) is 0. The zero-order valence-corrected chi connectivity index (χ0v) is 11.0. The minimum absolute atomic E-state index is 0.149. The molecule has 0 aromatic heterocycles. The third-order valence-corrected chi connectivity index (χ3v) is 3.48. The Morgan fingerprint density at radius 2 is 2.25 bits per heavy atom. The van der Waals surface area contributed by atoms with E-state index in [1.54, 1.807) is 11.8 Å². The van der Waals surface area contributed by atoms with Crippen LogP contribution in [-0.4, -0.2) is 48.9 Å². The number of hydrogen-bond acceptors (Lipinski definition) is 5. The maximum absolute atomic E-state index is 11.7. The quantitative estimate of drug-likeness (QED) is 0.681. The van der Waals surface area contributed by atoms with E-state index in [1.165, 1.54) is 0 Å². The van der Waals surface area contributed by atoms with Crippen molar-refractivity contribution < 1.29 is 14.3 Å². The predicted molar refractivity (Wildman–Crippen MR) is 65.8 cm³/mol. The zero-order valence-electron chi connectivity index (χ0n) is 10.2. The molecule has 16 heavy (non-hydrogen) atoms. The Balaban J connectivity index is 2.32. The monoisotopic (exact) mass is 247 g/mol. The molecular formula is C11H21NO3S. The van der Waals surface area contributed by atoms with Crippen molar-refractivity contribution in [2.75, 3.05) is 25.6 Å². The van der Waals surface area contributed by atoms with E-state index >= 15 is 0 Å². The van der Waals surface area contributed by atoms with Gasteiger partial charge in [0.05, 0.1) is 25.1 Å². The Bertz CT molecular complexity index is 219. The highest BCUT2D eigenvalue weighted by Gasteiger charge is 2.25. The van der Waals surface area contributed by atoms with Gasteiger partial charge in [0.1, 0.15) is 6.04 Å². The first-order chi connectivity index (χ1) is 7.63. The number of esters is 1. The van der Waals surface area contributed by atoms with Gasteiger partial charge in [0.2, 0.25) is 0 Å². The molecule has 1 N–H and O–H groups in total. The van der Waals surface area contributed by atoms with Gasteiger partial charge in [-0.05, 0) is 6.92 Å². The van der Waals surface area contributed by atoms with Crippen molar-refractivity contribution in [3.63, 3.8) is 0 Å². The Labute approximate surface area is 101 Å². The SMILES string of the molecule is CCOC(=O)C(CSC1COC1)NC(C)C. The Morgan fingerprint density at radius 3 is 2.69 bits per heavy atom. The lowest BCUT2D eigenvalue weighted by molar-refractivity contribution is -0.145. The van der Waals surface area contributed by atoms with E-state index < -0.39 is 0 Å². The van der Waals surface area contributed by atoms with Crippen molar-refractivity contribution in [3.8, 4) is 0 Å². The standard InChI is InChI=1S/C11H21NO3S/c1-4-15-11(13)10(12-8(2)3)7-16-9-5-14-6-9/h8-10,12H,4-7H2,1-3H3. The lowest BCUT2D eigenvalue weighted by Gasteiger charge is -2.27. The molecule has 1 heterocycles. The van der Waals surface area contributed by atoms with Crippen LogP contribution >= 0.6 is 11.8 Å². The molecule has 1 rings (SSSR count). The smallest absolute Gasteiger partial charge is 0.323 e. The van der Waals surface area contributed by atoms with Crippen molar-refractivity contribution in [2.24, 2.45) is 0 Å². The van der Waals surface area contributed by atoms with Crippen molar-refractivity contribution in [1.29, 1.82) is 0 Å². The number of nitrogens with one attached hydrogen (secondary N) is 1. The molecule has 0 aromatic rings. The number of rotatable bonds is 7. The molecule has 0 spiro atoms. The van der Waals surface area contributed by atoms with E-state index in [9.17, 15) is 4.79 Å². The van der Waals surface area contributed by atoms with Gasteiger partial charge in [-0.3, -0.25) is 4.79 Å². The highest BCUT2D eigenvalue weighted by atomic mass is 32.2. The van der Waals surface area contributed by atoms with Crippen LogP contribution in [0.3, 0.4) is 0 Å². The molecule has 0 amide bonds. The maximum Gasteiger partial charge on any atom is 0.323 e. The molecule has 0 aromatic carbocycles. The summed E-state index contributed by atoms with van der Waals surface area (Å²) < 4.78 is 10.1. The number of ether oxygens (including phenoxy) is 2. The fourth-order valence-electron chi connectivity index (χ4n) is 1.37. The Hall–Kier alpha value is -0.260. The van der Waals surface area contributed by atoms with Crippen molar-refractivity contribution >= 4 is 17.7 Å². The van der Waals surface area contributed by atoms with E-state index in [2.05, 4.69) is 5.32 Å². The van der Waals surface area contributed by atoms with Gasteiger partial charge in [0.15, 0.2) is 0 Å². The van der Waals surface area contributed by atoms with Gasteiger partial charge in [-0.2, -0.15) is 11.8 Å². The van der Waals surface area contributed by atoms with E-state index in [-0.39, 0.29) is 18.1 Å². The molecule has 1 aliphatic heterocycles. The molecule has 4 nitrogen and oxygen atoms in total. The number of carbonyl (C=O) groups is 1. The Morgan fingerprint density at radius 1 is 1.56 bits per heavy atom. The Kier molecular flexibility index (Phi) is 6.16. The van der Waals surface area contributed by atoms with Crippen LogP contribution in [0.5, 0.6) is 0 Å². The second-order valence-electron chi connectivity index (χ2n) is 4.12. The normalized spacial score (nSPS) is 18.2. The summed E-state index contributed by atoms with van der Waals surface area (Å²) in [6, 6.07) is 0.0817. The number of thioether (sulfide) groups is 1. The fraction of sp³-hybridized carbons (Fsp3) is 0.909.